The Morgan fingerprint density at radius 1 is 1.65 bits per heavy atom. The van der Waals surface area contributed by atoms with Gasteiger partial charge in [-0.1, -0.05) is 25.6 Å². The van der Waals surface area contributed by atoms with Gasteiger partial charge in [0, 0.05) is 31.0 Å². The van der Waals surface area contributed by atoms with Crippen LogP contribution in [0.3, 0.4) is 0 Å². The minimum absolute atomic E-state index is 0.0513. The summed E-state index contributed by atoms with van der Waals surface area (Å²) in [5.74, 6) is 0.123. The van der Waals surface area contributed by atoms with Crippen LogP contribution >= 0.6 is 11.8 Å². The summed E-state index contributed by atoms with van der Waals surface area (Å²) >= 11 is 1.29. The topological polar surface area (TPSA) is 64.3 Å². The molecule has 1 fully saturated rings. The normalized spacial score (nSPS) is 19.4. The van der Waals surface area contributed by atoms with Crippen LogP contribution in [0.25, 0.3) is 0 Å². The second-order valence-electron chi connectivity index (χ2n) is 5.50. The van der Waals surface area contributed by atoms with Crippen molar-refractivity contribution in [3.63, 3.8) is 0 Å². The first-order valence-corrected chi connectivity index (χ1v) is 8.04. The van der Waals surface area contributed by atoms with E-state index < -0.39 is 5.97 Å². The molecule has 1 saturated heterocycles. The quantitative estimate of drug-likeness (QED) is 0.818. The van der Waals surface area contributed by atoms with Gasteiger partial charge in [0.15, 0.2) is 5.16 Å². The summed E-state index contributed by atoms with van der Waals surface area (Å²) in [6.07, 6.45) is 4.14. The summed E-state index contributed by atoms with van der Waals surface area (Å²) in [6.45, 7) is 6.79. The van der Waals surface area contributed by atoms with Crippen LogP contribution in [0.2, 0.25) is 0 Å². The van der Waals surface area contributed by atoms with Gasteiger partial charge < -0.3 is 14.4 Å². The van der Waals surface area contributed by atoms with Crippen molar-refractivity contribution >= 4 is 17.7 Å². The Morgan fingerprint density at radius 2 is 2.45 bits per heavy atom. The van der Waals surface area contributed by atoms with Gasteiger partial charge in [-0.25, -0.2) is 4.98 Å². The summed E-state index contributed by atoms with van der Waals surface area (Å²) in [5.41, 5.74) is 1.17. The van der Waals surface area contributed by atoms with Crippen LogP contribution < -0.4 is 0 Å². The minimum atomic E-state index is -0.809. The first-order valence-electron chi connectivity index (χ1n) is 7.05. The van der Waals surface area contributed by atoms with Gasteiger partial charge in [-0.2, -0.15) is 0 Å². The zero-order valence-corrected chi connectivity index (χ0v) is 12.9. The van der Waals surface area contributed by atoms with Gasteiger partial charge in [0.2, 0.25) is 0 Å². The molecule has 0 radical (unpaired) electrons. The van der Waals surface area contributed by atoms with Gasteiger partial charge in [-0.3, -0.25) is 4.79 Å². The molecule has 0 bridgehead atoms. The van der Waals surface area contributed by atoms with Crippen LogP contribution in [0, 0.1) is 5.92 Å². The summed E-state index contributed by atoms with van der Waals surface area (Å²) < 4.78 is 7.71. The van der Waals surface area contributed by atoms with Gasteiger partial charge in [0.05, 0.1) is 12.4 Å². The van der Waals surface area contributed by atoms with E-state index in [9.17, 15) is 4.79 Å². The Bertz CT molecular complexity index is 453. The van der Waals surface area contributed by atoms with E-state index in [-0.39, 0.29) is 5.75 Å². The second-order valence-corrected chi connectivity index (χ2v) is 6.44. The van der Waals surface area contributed by atoms with Gasteiger partial charge >= 0.3 is 5.97 Å². The molecule has 2 rings (SSSR count). The molecule has 0 aliphatic carbocycles. The SMILES string of the molecule is CC(C)c1cnc(SCC(=O)O)n1CC1CCCOC1. The Labute approximate surface area is 123 Å². The third-order valence-electron chi connectivity index (χ3n) is 3.46. The van der Waals surface area contributed by atoms with E-state index in [2.05, 4.69) is 23.4 Å². The smallest absolute Gasteiger partial charge is 0.313 e. The zero-order chi connectivity index (χ0) is 14.5. The lowest BCUT2D eigenvalue weighted by Crippen LogP contribution is -2.23. The number of aliphatic carboxylic acids is 1. The van der Waals surface area contributed by atoms with Crippen molar-refractivity contribution in [2.24, 2.45) is 5.92 Å². The molecule has 0 saturated carbocycles. The average Bonchev–Trinajstić information content (AvgIpc) is 2.80. The van der Waals surface area contributed by atoms with Gasteiger partial charge in [0.25, 0.3) is 0 Å². The predicted molar refractivity (Wildman–Crippen MR) is 78.2 cm³/mol. The van der Waals surface area contributed by atoms with E-state index in [0.29, 0.717) is 11.8 Å². The minimum Gasteiger partial charge on any atom is -0.481 e. The van der Waals surface area contributed by atoms with E-state index >= 15 is 0 Å². The number of nitrogens with zero attached hydrogens (tertiary/aromatic N) is 2. The predicted octanol–water partition coefficient (Wildman–Crippen LogP) is 2.61. The number of imidazole rings is 1. The van der Waals surface area contributed by atoms with E-state index in [0.717, 1.165) is 31.3 Å². The number of ether oxygens (including phenoxy) is 1. The molecule has 1 aromatic rings. The third kappa shape index (κ3) is 3.99. The molecule has 1 unspecified atom stereocenters. The van der Waals surface area contributed by atoms with Crippen molar-refractivity contribution in [3.8, 4) is 0 Å². The molecular formula is C14H22N2O3S. The van der Waals surface area contributed by atoms with Crippen molar-refractivity contribution in [3.05, 3.63) is 11.9 Å². The molecule has 20 heavy (non-hydrogen) atoms. The molecule has 112 valence electrons. The number of hydrogen-bond donors (Lipinski definition) is 1. The fourth-order valence-electron chi connectivity index (χ4n) is 2.47. The molecule has 1 N–H and O–H groups in total. The Hall–Kier alpha value is -1.01. The van der Waals surface area contributed by atoms with Gasteiger partial charge in [-0.15, -0.1) is 0 Å². The van der Waals surface area contributed by atoms with E-state index in [1.807, 2.05) is 6.20 Å². The maximum absolute atomic E-state index is 10.7. The van der Waals surface area contributed by atoms with Crippen LogP contribution in [0.15, 0.2) is 11.4 Å². The Morgan fingerprint density at radius 3 is 3.05 bits per heavy atom. The number of carboxylic acids is 1. The number of carbonyl (C=O) groups is 1. The largest absolute Gasteiger partial charge is 0.481 e. The second kappa shape index (κ2) is 7.13. The fourth-order valence-corrected chi connectivity index (χ4v) is 3.18. The molecule has 2 heterocycles. The highest BCUT2D eigenvalue weighted by Crippen LogP contribution is 2.26. The number of thioether (sulfide) groups is 1. The van der Waals surface area contributed by atoms with Crippen LogP contribution in [0.5, 0.6) is 0 Å². The number of carboxylic acid groups (broad SMARTS) is 1. The Balaban J connectivity index is 2.12. The standard InChI is InChI=1S/C14H22N2O3S/c1-10(2)12-6-15-14(20-9-13(17)18)16(12)7-11-4-3-5-19-8-11/h6,10-11H,3-5,7-9H2,1-2H3,(H,17,18). The molecule has 1 aliphatic heterocycles. The first kappa shape index (κ1) is 15.4. The van der Waals surface area contributed by atoms with E-state index in [1.54, 1.807) is 0 Å². The molecule has 0 spiro atoms. The van der Waals surface area contributed by atoms with Gasteiger partial charge in [-0.05, 0) is 18.8 Å². The number of hydrogen-bond acceptors (Lipinski definition) is 4. The monoisotopic (exact) mass is 298 g/mol. The lowest BCUT2D eigenvalue weighted by atomic mass is 10.0. The van der Waals surface area contributed by atoms with Crippen molar-refractivity contribution in [2.75, 3.05) is 19.0 Å². The molecule has 1 aromatic heterocycles. The Kier molecular flexibility index (Phi) is 5.48. The summed E-state index contributed by atoms with van der Waals surface area (Å²) in [6, 6.07) is 0. The summed E-state index contributed by atoms with van der Waals surface area (Å²) in [4.78, 5) is 15.1. The fraction of sp³-hybridized carbons (Fsp3) is 0.714. The first-order chi connectivity index (χ1) is 9.58. The van der Waals surface area contributed by atoms with E-state index in [1.165, 1.54) is 23.9 Å². The highest BCUT2D eigenvalue weighted by Gasteiger charge is 2.20. The lowest BCUT2D eigenvalue weighted by molar-refractivity contribution is -0.133. The molecule has 5 nitrogen and oxygen atoms in total. The molecule has 6 heteroatoms. The van der Waals surface area contributed by atoms with Gasteiger partial charge in [0.1, 0.15) is 0 Å². The zero-order valence-electron chi connectivity index (χ0n) is 12.0. The lowest BCUT2D eigenvalue weighted by Gasteiger charge is -2.24. The maximum Gasteiger partial charge on any atom is 0.313 e. The van der Waals surface area contributed by atoms with Crippen molar-refractivity contribution < 1.29 is 14.6 Å². The molecule has 1 atom stereocenters. The highest BCUT2D eigenvalue weighted by molar-refractivity contribution is 7.99. The molecular weight excluding hydrogens is 276 g/mol. The number of rotatable bonds is 6. The molecule has 1 aliphatic rings. The van der Waals surface area contributed by atoms with Crippen molar-refractivity contribution in [2.45, 2.75) is 44.3 Å². The van der Waals surface area contributed by atoms with Crippen LogP contribution in [-0.4, -0.2) is 39.6 Å². The highest BCUT2D eigenvalue weighted by atomic mass is 32.2. The maximum atomic E-state index is 10.7. The van der Waals surface area contributed by atoms with Crippen LogP contribution in [-0.2, 0) is 16.1 Å². The average molecular weight is 298 g/mol. The number of aromatic nitrogens is 2. The molecule has 0 amide bonds. The summed E-state index contributed by atoms with van der Waals surface area (Å²) in [5, 5.41) is 9.63. The van der Waals surface area contributed by atoms with Crippen molar-refractivity contribution in [1.82, 2.24) is 9.55 Å². The van der Waals surface area contributed by atoms with E-state index in [4.69, 9.17) is 9.84 Å². The molecule has 0 aromatic carbocycles. The van der Waals surface area contributed by atoms with Crippen LogP contribution in [0.1, 0.15) is 38.3 Å². The summed E-state index contributed by atoms with van der Waals surface area (Å²) in [7, 11) is 0. The van der Waals surface area contributed by atoms with Crippen LogP contribution in [0.4, 0.5) is 0 Å². The van der Waals surface area contributed by atoms with Crippen molar-refractivity contribution in [1.29, 1.82) is 0 Å². The third-order valence-corrected chi connectivity index (χ3v) is 4.44.